The van der Waals surface area contributed by atoms with Crippen LogP contribution in [0.1, 0.15) is 40.2 Å². The van der Waals surface area contributed by atoms with E-state index in [2.05, 4.69) is 15.6 Å². The van der Waals surface area contributed by atoms with Gasteiger partial charge in [0.2, 0.25) is 5.91 Å². The summed E-state index contributed by atoms with van der Waals surface area (Å²) in [7, 11) is 0. The first-order valence-electron chi connectivity index (χ1n) is 11.4. The van der Waals surface area contributed by atoms with Crippen LogP contribution in [-0.2, 0) is 29.1 Å². The summed E-state index contributed by atoms with van der Waals surface area (Å²) in [6, 6.07) is 18.8. The molecule has 1 unspecified atom stereocenters. The molecule has 0 radical (unpaired) electrons. The van der Waals surface area contributed by atoms with Crippen LogP contribution in [0.2, 0.25) is 0 Å². The molecule has 0 bridgehead atoms. The first-order valence-corrected chi connectivity index (χ1v) is 12.2. The number of thiophene rings is 1. The Balaban J connectivity index is 1.47. The summed E-state index contributed by atoms with van der Waals surface area (Å²) in [6.45, 7) is 4.90. The van der Waals surface area contributed by atoms with Crippen molar-refractivity contribution in [3.8, 4) is 0 Å². The van der Waals surface area contributed by atoms with Crippen LogP contribution < -0.4 is 10.6 Å². The molecule has 176 valence electrons. The van der Waals surface area contributed by atoms with Crippen molar-refractivity contribution in [3.63, 3.8) is 0 Å². The molecular formula is C27H29N3O3S. The highest BCUT2D eigenvalue weighted by Crippen LogP contribution is 2.20. The number of carbonyl (C=O) groups excluding carboxylic acids is 2. The second-order valence-electron chi connectivity index (χ2n) is 8.46. The Morgan fingerprint density at radius 2 is 1.85 bits per heavy atom. The van der Waals surface area contributed by atoms with Crippen molar-refractivity contribution < 1.29 is 14.3 Å². The number of aromatic nitrogens is 1. The van der Waals surface area contributed by atoms with Gasteiger partial charge in [0.1, 0.15) is 6.04 Å². The van der Waals surface area contributed by atoms with Crippen LogP contribution >= 0.6 is 11.3 Å². The fourth-order valence-electron chi connectivity index (χ4n) is 3.77. The van der Waals surface area contributed by atoms with Gasteiger partial charge in [-0.2, -0.15) is 0 Å². The number of ether oxygens (including phenoxy) is 1. The van der Waals surface area contributed by atoms with Gasteiger partial charge < -0.3 is 20.4 Å². The van der Waals surface area contributed by atoms with Crippen LogP contribution in [0.3, 0.4) is 0 Å². The molecule has 0 spiro atoms. The molecule has 0 saturated carbocycles. The summed E-state index contributed by atoms with van der Waals surface area (Å²) in [5.74, 6) is -0.471. The predicted molar refractivity (Wildman–Crippen MR) is 136 cm³/mol. The van der Waals surface area contributed by atoms with Gasteiger partial charge in [0.15, 0.2) is 0 Å². The third kappa shape index (κ3) is 6.12. The van der Waals surface area contributed by atoms with Gasteiger partial charge in [0.25, 0.3) is 5.91 Å². The van der Waals surface area contributed by atoms with E-state index in [-0.39, 0.29) is 17.9 Å². The molecule has 2 amide bonds. The normalized spacial score (nSPS) is 12.1. The first kappa shape index (κ1) is 23.7. The van der Waals surface area contributed by atoms with Crippen molar-refractivity contribution in [3.05, 3.63) is 93.8 Å². The fraction of sp³-hybridized carbons (Fsp3) is 0.259. The third-order valence-electron chi connectivity index (χ3n) is 5.51. The van der Waals surface area contributed by atoms with Crippen molar-refractivity contribution in [2.24, 2.45) is 0 Å². The first-order chi connectivity index (χ1) is 16.5. The van der Waals surface area contributed by atoms with Crippen LogP contribution in [0.15, 0.2) is 72.2 Å². The van der Waals surface area contributed by atoms with Crippen LogP contribution in [0.4, 0.5) is 0 Å². The quantitative estimate of drug-likeness (QED) is 0.308. The maximum atomic E-state index is 13.2. The Bertz CT molecular complexity index is 1250. The van der Waals surface area contributed by atoms with E-state index in [0.717, 1.165) is 27.6 Å². The monoisotopic (exact) mass is 475 g/mol. The molecule has 0 saturated heterocycles. The van der Waals surface area contributed by atoms with E-state index in [1.807, 2.05) is 80.0 Å². The van der Waals surface area contributed by atoms with E-state index in [9.17, 15) is 9.59 Å². The van der Waals surface area contributed by atoms with Crippen LogP contribution in [0.5, 0.6) is 0 Å². The van der Waals surface area contributed by atoms with E-state index >= 15 is 0 Å². The van der Waals surface area contributed by atoms with Crippen LogP contribution in [-0.4, -0.2) is 28.9 Å². The van der Waals surface area contributed by atoms with Gasteiger partial charge in [0, 0.05) is 30.1 Å². The number of amides is 2. The number of benzene rings is 2. The lowest BCUT2D eigenvalue weighted by molar-refractivity contribution is -0.123. The van der Waals surface area contributed by atoms with Gasteiger partial charge in [-0.1, -0.05) is 48.5 Å². The number of carbonyl (C=O) groups is 2. The molecule has 4 aromatic rings. The lowest BCUT2D eigenvalue weighted by Gasteiger charge is -2.18. The van der Waals surface area contributed by atoms with Gasteiger partial charge >= 0.3 is 0 Å². The van der Waals surface area contributed by atoms with Gasteiger partial charge in [-0.25, -0.2) is 0 Å². The zero-order valence-corrected chi connectivity index (χ0v) is 20.2. The molecule has 4 rings (SSSR count). The zero-order chi connectivity index (χ0) is 23.9. The lowest BCUT2D eigenvalue weighted by atomic mass is 10.0. The number of para-hydroxylation sites is 1. The highest BCUT2D eigenvalue weighted by Gasteiger charge is 2.23. The molecule has 34 heavy (non-hydrogen) atoms. The molecule has 6 nitrogen and oxygen atoms in total. The molecule has 0 aliphatic heterocycles. The largest absolute Gasteiger partial charge is 0.374 e. The average Bonchev–Trinajstić information content (AvgIpc) is 3.52. The number of nitrogens with one attached hydrogen (secondary N) is 3. The Labute approximate surface area is 203 Å². The van der Waals surface area contributed by atoms with Crippen molar-refractivity contribution in [1.82, 2.24) is 15.6 Å². The second kappa shape index (κ2) is 11.1. The van der Waals surface area contributed by atoms with E-state index in [1.54, 1.807) is 6.07 Å². The molecule has 1 atom stereocenters. The number of fused-ring (bicyclic) bond motifs is 1. The van der Waals surface area contributed by atoms with Crippen molar-refractivity contribution >= 4 is 34.1 Å². The summed E-state index contributed by atoms with van der Waals surface area (Å²) in [5.41, 5.74) is 4.02. The average molecular weight is 476 g/mol. The summed E-state index contributed by atoms with van der Waals surface area (Å²) >= 11 is 1.35. The van der Waals surface area contributed by atoms with Crippen LogP contribution in [0.25, 0.3) is 10.9 Å². The molecule has 0 aliphatic carbocycles. The molecule has 3 N–H and O–H groups in total. The highest BCUT2D eigenvalue weighted by atomic mass is 32.1. The van der Waals surface area contributed by atoms with E-state index in [0.29, 0.717) is 24.4 Å². The van der Waals surface area contributed by atoms with Crippen LogP contribution in [0, 0.1) is 0 Å². The van der Waals surface area contributed by atoms with Gasteiger partial charge in [-0.05, 0) is 48.1 Å². The zero-order valence-electron chi connectivity index (χ0n) is 19.3. The number of H-pyrrole nitrogens is 1. The second-order valence-corrected chi connectivity index (χ2v) is 9.41. The Morgan fingerprint density at radius 1 is 1.03 bits per heavy atom. The van der Waals surface area contributed by atoms with Gasteiger partial charge in [-0.15, -0.1) is 11.3 Å². The Morgan fingerprint density at radius 3 is 2.65 bits per heavy atom. The van der Waals surface area contributed by atoms with Gasteiger partial charge in [0.05, 0.1) is 17.6 Å². The number of aromatic amines is 1. The number of hydrogen-bond donors (Lipinski definition) is 3. The predicted octanol–water partition coefficient (Wildman–Crippen LogP) is 4.81. The maximum Gasteiger partial charge on any atom is 0.262 e. The van der Waals surface area contributed by atoms with E-state index in [1.165, 1.54) is 11.3 Å². The highest BCUT2D eigenvalue weighted by molar-refractivity contribution is 7.12. The summed E-state index contributed by atoms with van der Waals surface area (Å²) in [6.07, 6.45) is 2.44. The smallest absolute Gasteiger partial charge is 0.262 e. The number of hydrogen-bond acceptors (Lipinski definition) is 4. The topological polar surface area (TPSA) is 83.2 Å². The third-order valence-corrected chi connectivity index (χ3v) is 6.38. The van der Waals surface area contributed by atoms with Crippen molar-refractivity contribution in [2.45, 2.75) is 45.6 Å². The fourth-order valence-corrected chi connectivity index (χ4v) is 4.40. The Kier molecular flexibility index (Phi) is 7.77. The lowest BCUT2D eigenvalue weighted by Crippen LogP contribution is -2.47. The molecule has 2 aromatic carbocycles. The standard InChI is InChI=1S/C27H29N3O3S/c1-18(2)33-17-20-8-5-7-19(13-20)15-29-26(31)24(30-27(32)25-11-6-12-34-25)14-21-16-28-23-10-4-3-9-22(21)23/h3-13,16,18,24,28H,14-15,17H2,1-2H3,(H,29,31)(H,30,32). The molecule has 0 fully saturated rings. The minimum Gasteiger partial charge on any atom is -0.374 e. The molecule has 7 heteroatoms. The summed E-state index contributed by atoms with van der Waals surface area (Å²) in [5, 5.41) is 8.82. The van der Waals surface area contributed by atoms with Gasteiger partial charge in [-0.3, -0.25) is 9.59 Å². The van der Waals surface area contributed by atoms with E-state index < -0.39 is 6.04 Å². The Hall–Kier alpha value is -3.42. The minimum absolute atomic E-state index is 0.153. The minimum atomic E-state index is -0.707. The SMILES string of the molecule is CC(C)OCc1cccc(CNC(=O)C(Cc2c[nH]c3ccccc23)NC(=O)c2cccs2)c1. The van der Waals surface area contributed by atoms with Crippen molar-refractivity contribution in [1.29, 1.82) is 0 Å². The number of rotatable bonds is 10. The molecule has 2 heterocycles. The molecule has 0 aliphatic rings. The molecule has 2 aromatic heterocycles. The summed E-state index contributed by atoms with van der Waals surface area (Å²) in [4.78, 5) is 29.8. The van der Waals surface area contributed by atoms with Crippen molar-refractivity contribution in [2.75, 3.05) is 0 Å². The maximum absolute atomic E-state index is 13.2. The molecular weight excluding hydrogens is 446 g/mol. The summed E-state index contributed by atoms with van der Waals surface area (Å²) < 4.78 is 5.68. The van der Waals surface area contributed by atoms with E-state index in [4.69, 9.17) is 4.74 Å².